The Labute approximate surface area is 261 Å². The van der Waals surface area contributed by atoms with Crippen molar-refractivity contribution in [3.05, 3.63) is 22.0 Å². The van der Waals surface area contributed by atoms with Crippen molar-refractivity contribution in [1.29, 1.82) is 0 Å². The fraction of sp³-hybridized carbons (Fsp3) is 0.526. The Morgan fingerprint density at radius 3 is 2.51 bits per heavy atom. The van der Waals surface area contributed by atoms with Crippen LogP contribution in [0.5, 0.6) is 0 Å². The van der Waals surface area contributed by atoms with Gasteiger partial charge in [-0.05, 0) is 0 Å². The van der Waals surface area contributed by atoms with Crippen LogP contribution in [0.15, 0.2) is 11.7 Å². The minimum absolute atomic E-state index is 0.0487. The van der Waals surface area contributed by atoms with Gasteiger partial charge < -0.3 is 49.0 Å². The second-order valence-corrected chi connectivity index (χ2v) is 16.0. The number of amides is 1. The van der Waals surface area contributed by atoms with Crippen LogP contribution >= 0.6 is 47.0 Å². The van der Waals surface area contributed by atoms with Crippen molar-refractivity contribution in [2.75, 3.05) is 17.7 Å². The summed E-state index contributed by atoms with van der Waals surface area (Å²) in [4.78, 5) is 71.4. The van der Waals surface area contributed by atoms with Crippen LogP contribution in [0.1, 0.15) is 32.7 Å². The summed E-state index contributed by atoms with van der Waals surface area (Å²) in [5.41, 5.74) is 6.67. The summed E-state index contributed by atoms with van der Waals surface area (Å²) in [6.07, 6.45) is -5.20. The molecule has 248 valence electrons. The third-order valence-electron chi connectivity index (χ3n) is 6.10. The second kappa shape index (κ2) is 12.2. The molecule has 2 fully saturated rings. The van der Waals surface area contributed by atoms with Gasteiger partial charge in [0.25, 0.3) is 29.4 Å². The number of nitrogens with zero attached hydrogens (tertiary/aromatic N) is 4. The van der Waals surface area contributed by atoms with Gasteiger partial charge in [0, 0.05) is 10.8 Å². The van der Waals surface area contributed by atoms with Gasteiger partial charge in [-0.1, -0.05) is 33.0 Å². The summed E-state index contributed by atoms with van der Waals surface area (Å²) in [6.45, 7) is 4.84. The van der Waals surface area contributed by atoms with E-state index in [9.17, 15) is 33.2 Å². The molecule has 3 aromatic rings. The fourth-order valence-electron chi connectivity index (χ4n) is 4.25. The van der Waals surface area contributed by atoms with E-state index in [1.165, 1.54) is 22.2 Å². The van der Waals surface area contributed by atoms with Crippen molar-refractivity contribution in [1.82, 2.24) is 24.5 Å². The van der Waals surface area contributed by atoms with Crippen molar-refractivity contribution in [3.8, 4) is 0 Å². The largest absolute Gasteiger partial charge is 0.756 e. The third-order valence-corrected chi connectivity index (χ3v) is 10.8. The van der Waals surface area contributed by atoms with Crippen LogP contribution in [0.3, 0.4) is 0 Å². The van der Waals surface area contributed by atoms with Crippen LogP contribution in [-0.2, 0) is 51.3 Å². The molecular formula is C19H23N7O14P3S2-3. The Kier molecular flexibility index (Phi) is 9.30. The number of thiazole rings is 1. The molecule has 0 aromatic carbocycles. The van der Waals surface area contributed by atoms with E-state index < -0.39 is 66.8 Å². The molecule has 0 spiro atoms. The van der Waals surface area contributed by atoms with Gasteiger partial charge >= 0.3 is 0 Å². The predicted molar refractivity (Wildman–Crippen MR) is 147 cm³/mol. The number of nitrogen functional groups attached to an aromatic ring is 1. The van der Waals surface area contributed by atoms with E-state index >= 15 is 0 Å². The monoisotopic (exact) mass is 730 g/mol. The van der Waals surface area contributed by atoms with Gasteiger partial charge in [-0.3, -0.25) is 28.4 Å². The first-order valence-corrected chi connectivity index (χ1v) is 18.1. The van der Waals surface area contributed by atoms with Crippen LogP contribution in [0.4, 0.5) is 11.1 Å². The molecule has 5 rings (SSSR count). The van der Waals surface area contributed by atoms with E-state index in [2.05, 4.69) is 38.4 Å². The lowest BCUT2D eigenvalue weighted by Crippen LogP contribution is -2.34. The van der Waals surface area contributed by atoms with Gasteiger partial charge in [-0.25, -0.2) is 23.6 Å². The van der Waals surface area contributed by atoms with Gasteiger partial charge in [0.2, 0.25) is 6.29 Å². The number of anilines is 2. The molecule has 0 aliphatic carbocycles. The van der Waals surface area contributed by atoms with Crippen LogP contribution in [0.2, 0.25) is 0 Å². The highest BCUT2D eigenvalue weighted by atomic mass is 32.1. The van der Waals surface area contributed by atoms with E-state index in [0.717, 1.165) is 5.69 Å². The Balaban J connectivity index is 1.37. The number of carbonyl (C=O) groups is 1. The molecule has 0 saturated carbocycles. The molecule has 0 radical (unpaired) electrons. The molecule has 1 amide bonds. The SMILES string of the molecule is CC(C)(C)c1csc(NC(=O)[C@@H]2OC3C(COP(=O)([O-])OP(=O)([O-])OP(=O)([O-])O)OC(n4cnc5c(=S)nc(N)[nH]c54)C3O2)n1. The quantitative estimate of drug-likeness (QED) is 0.156. The normalized spacial score (nSPS) is 27.5. The number of fused-ring (bicyclic) bond motifs is 2. The van der Waals surface area contributed by atoms with Crippen molar-refractivity contribution in [2.45, 2.75) is 57.0 Å². The van der Waals surface area contributed by atoms with Crippen LogP contribution in [0.25, 0.3) is 11.2 Å². The molecule has 5 N–H and O–H groups in total. The van der Waals surface area contributed by atoms with Crippen LogP contribution in [0, 0.1) is 4.64 Å². The van der Waals surface area contributed by atoms with E-state index in [1.54, 1.807) is 5.38 Å². The molecule has 5 heterocycles. The lowest BCUT2D eigenvalue weighted by molar-refractivity contribution is -0.250. The highest BCUT2D eigenvalue weighted by Crippen LogP contribution is 2.61. The van der Waals surface area contributed by atoms with Gasteiger partial charge in [-0.2, -0.15) is 0 Å². The summed E-state index contributed by atoms with van der Waals surface area (Å²) >= 11 is 6.36. The number of hydrogen-bond donors (Lipinski definition) is 4. The van der Waals surface area contributed by atoms with Gasteiger partial charge in [0.05, 0.1) is 18.6 Å². The number of nitrogens with two attached hydrogens (primary N) is 1. The molecule has 0 bridgehead atoms. The number of carbonyl (C=O) groups excluding carboxylic acids is 1. The molecular weight excluding hydrogens is 707 g/mol. The van der Waals surface area contributed by atoms with Gasteiger partial charge in [0.15, 0.2) is 21.9 Å². The van der Waals surface area contributed by atoms with Crippen molar-refractivity contribution >= 4 is 75.2 Å². The summed E-state index contributed by atoms with van der Waals surface area (Å²) < 4.78 is 65.0. The van der Waals surface area contributed by atoms with Crippen LogP contribution < -0.4 is 25.7 Å². The number of hydrogen-bond acceptors (Lipinski definition) is 19. The molecule has 3 aromatic heterocycles. The average molecular weight is 730 g/mol. The maximum Gasteiger partial charge on any atom is 0.283 e. The Morgan fingerprint density at radius 2 is 1.87 bits per heavy atom. The smallest absolute Gasteiger partial charge is 0.283 e. The number of H-pyrrole nitrogens is 1. The van der Waals surface area contributed by atoms with Crippen molar-refractivity contribution in [2.24, 2.45) is 0 Å². The first kappa shape index (κ1) is 34.3. The molecule has 45 heavy (non-hydrogen) atoms. The number of ether oxygens (including phenoxy) is 3. The van der Waals surface area contributed by atoms with Crippen molar-refractivity contribution < 1.29 is 65.4 Å². The first-order chi connectivity index (χ1) is 20.7. The number of nitrogens with one attached hydrogen (secondary N) is 2. The maximum absolute atomic E-state index is 13.1. The number of aromatic nitrogens is 5. The van der Waals surface area contributed by atoms with E-state index in [0.29, 0.717) is 0 Å². The summed E-state index contributed by atoms with van der Waals surface area (Å²) in [7, 11) is -18.0. The predicted octanol–water partition coefficient (Wildman–Crippen LogP) is -0.0814. The standard InChI is InChI=1S/C19H26N7O14P3S2/c1-19(2,3)8-5-45-18(22-8)24-13(27)16-37-10-7(4-35-42(31,32)40-43(33,34)39-41(28,29)30)36-15(11(10)38-16)26-6-21-9-12(26)23-17(20)25-14(9)44/h5-7,10-11,15-16H,4H2,1-3H3,(H,31,32)(H,33,34)(H,22,24,27)(H2,28,29,30)(H3,20,23,25,44)/p-3/t7?,10?,11?,15?,16-/m1/s1. The average Bonchev–Trinajstić information content (AvgIpc) is 3.63. The van der Waals surface area contributed by atoms with E-state index in [1.807, 2.05) is 20.8 Å². The topological polar surface area (TPSA) is 311 Å². The molecule has 2 aliphatic heterocycles. The number of imidazole rings is 1. The zero-order valence-corrected chi connectivity index (χ0v) is 27.3. The molecule has 21 nitrogen and oxygen atoms in total. The van der Waals surface area contributed by atoms with Gasteiger partial charge in [0.1, 0.15) is 29.5 Å². The van der Waals surface area contributed by atoms with Crippen LogP contribution in [-0.4, -0.2) is 66.5 Å². The molecule has 2 saturated heterocycles. The van der Waals surface area contributed by atoms with Crippen molar-refractivity contribution in [3.63, 3.8) is 0 Å². The third kappa shape index (κ3) is 7.92. The summed E-state index contributed by atoms with van der Waals surface area (Å²) in [6, 6.07) is 0. The number of phosphoric ester groups is 1. The van der Waals surface area contributed by atoms with Gasteiger partial charge in [-0.15, -0.1) is 11.3 Å². The summed E-state index contributed by atoms with van der Waals surface area (Å²) in [5.74, 6) is -0.823. The first-order valence-electron chi connectivity index (χ1n) is 12.4. The molecule has 2 aliphatic rings. The highest BCUT2D eigenvalue weighted by molar-refractivity contribution is 7.71. The lowest BCUT2D eigenvalue weighted by Gasteiger charge is -2.33. The Hall–Kier alpha value is -2.04. The maximum atomic E-state index is 13.1. The second-order valence-electron chi connectivity index (χ2n) is 10.5. The fourth-order valence-corrected chi connectivity index (χ4v) is 8.34. The summed E-state index contributed by atoms with van der Waals surface area (Å²) in [5, 5.41) is 4.63. The van der Waals surface area contributed by atoms with E-state index in [4.69, 9.17) is 37.1 Å². The zero-order chi connectivity index (χ0) is 33.1. The number of phosphoric acid groups is 3. The highest BCUT2D eigenvalue weighted by Gasteiger charge is 2.55. The minimum Gasteiger partial charge on any atom is -0.756 e. The molecule has 8 atom stereocenters. The van der Waals surface area contributed by atoms with E-state index in [-0.39, 0.29) is 32.3 Å². The molecule has 7 unspecified atom stereocenters. The Bertz CT molecular complexity index is 1820. The lowest BCUT2D eigenvalue weighted by atomic mass is 9.93. The molecule has 26 heteroatoms. The minimum atomic E-state index is -6.15. The number of aromatic amines is 1. The number of rotatable bonds is 10. The Morgan fingerprint density at radius 1 is 1.18 bits per heavy atom. The zero-order valence-electron chi connectivity index (χ0n) is 23.0.